The van der Waals surface area contributed by atoms with E-state index in [2.05, 4.69) is 139 Å². The molecule has 0 radical (unpaired) electrons. The number of benzene rings is 4. The second-order valence-electron chi connectivity index (χ2n) is 12.5. The van der Waals surface area contributed by atoms with Crippen LogP contribution in [-0.4, -0.2) is 14.2 Å². The average Bonchev–Trinajstić information content (AvgIpc) is 3.79. The number of hydrogen-bond donors (Lipinski definition) is 0. The van der Waals surface area contributed by atoms with Crippen LogP contribution in [0.1, 0.15) is 51.5 Å². The summed E-state index contributed by atoms with van der Waals surface area (Å²) in [6, 6.07) is 44.4. The van der Waals surface area contributed by atoms with Crippen LogP contribution in [0.5, 0.6) is 11.5 Å². The van der Waals surface area contributed by atoms with Crippen LogP contribution in [-0.2, 0) is 17.1 Å². The molecule has 2 nitrogen and oxygen atoms in total. The fraction of sp³-hybridized carbons (Fsp3) is 0.227. The molecule has 6 aromatic carbocycles. The molecule has 0 N–H and O–H groups in total. The van der Waals surface area contributed by atoms with E-state index in [0.29, 0.717) is 5.66 Å². The first-order valence-electron chi connectivity index (χ1n) is 16.6. The summed E-state index contributed by atoms with van der Waals surface area (Å²) < 4.78 is 11.6. The Morgan fingerprint density at radius 2 is 0.980 bits per heavy atom. The Bertz CT molecular complexity index is 1790. The van der Waals surface area contributed by atoms with Crippen LogP contribution < -0.4 is 36.0 Å². The Labute approximate surface area is 307 Å². The standard InChI is InChI=1S/C39H43O2P2.C5H5.Fe/c1-25-15-10-12-18-35(25)42(36-19-13-11-16-26(36)2)31(7)34-17-14-20-37(34)43(32-21-27(3)38(40-8)28(4)22-32)33-23-29(5)39(41-9)30(6)24-33;1-2-4-5-3-1;/h10-24,31H,1-9H3;1-5H;/q2*-1;+2/t31-;;/m1../s1. The van der Waals surface area contributed by atoms with Crippen molar-refractivity contribution in [2.45, 2.75) is 54.1 Å². The van der Waals surface area contributed by atoms with E-state index in [1.807, 2.05) is 30.3 Å². The number of aryl methyl sites for hydroxylation is 6. The second-order valence-corrected chi connectivity index (χ2v) is 17.2. The predicted molar refractivity (Wildman–Crippen MR) is 212 cm³/mol. The fourth-order valence-corrected chi connectivity index (χ4v) is 12.8. The Balaban J connectivity index is 0.000000826. The molecular weight excluding hydrogens is 678 g/mol. The van der Waals surface area contributed by atoms with Crippen molar-refractivity contribution < 1.29 is 26.5 Å². The van der Waals surface area contributed by atoms with Crippen LogP contribution in [0.25, 0.3) is 0 Å². The quantitative estimate of drug-likeness (QED) is 0.0840. The molecule has 49 heavy (non-hydrogen) atoms. The van der Waals surface area contributed by atoms with E-state index in [1.165, 1.54) is 65.5 Å². The summed E-state index contributed by atoms with van der Waals surface area (Å²) in [5.41, 5.74) is 9.20. The topological polar surface area (TPSA) is 18.5 Å². The Morgan fingerprint density at radius 1 is 0.551 bits per heavy atom. The van der Waals surface area contributed by atoms with Gasteiger partial charge in [-0.15, -0.1) is 5.30 Å². The third-order valence-corrected chi connectivity index (χ3v) is 14.6. The minimum absolute atomic E-state index is 0. The van der Waals surface area contributed by atoms with E-state index < -0.39 is 15.8 Å². The maximum absolute atomic E-state index is 5.78. The van der Waals surface area contributed by atoms with Crippen molar-refractivity contribution in [2.24, 2.45) is 0 Å². The van der Waals surface area contributed by atoms with Crippen LogP contribution in [0.2, 0.25) is 0 Å². The molecule has 0 unspecified atom stereocenters. The molecule has 0 aliphatic heterocycles. The molecular formula is C44H48FeO2P2. The molecule has 0 saturated carbocycles. The van der Waals surface area contributed by atoms with E-state index in [9.17, 15) is 0 Å². The summed E-state index contributed by atoms with van der Waals surface area (Å²) >= 11 is 0. The largest absolute Gasteiger partial charge is 2.00 e. The maximum Gasteiger partial charge on any atom is 2.00 e. The third-order valence-electron chi connectivity index (χ3n) is 9.02. The van der Waals surface area contributed by atoms with Crippen LogP contribution in [0.3, 0.4) is 0 Å². The fourth-order valence-electron chi connectivity index (χ4n) is 6.84. The SMILES string of the molecule is COc1c(C)cc(P(c2cc(C)c(OC)c(C)c2)c2[cH-]ccc2[C@@H](C)P(c2ccccc2C)c2ccccc2C)cc1C.[Fe+2].c1cc[cH-]c1. The molecule has 6 aromatic rings. The first-order chi connectivity index (χ1) is 23.2. The van der Waals surface area contributed by atoms with Crippen LogP contribution >= 0.6 is 15.8 Å². The summed E-state index contributed by atoms with van der Waals surface area (Å²) in [6.07, 6.45) is 0. The van der Waals surface area contributed by atoms with E-state index in [0.717, 1.165) is 11.5 Å². The Morgan fingerprint density at radius 3 is 1.35 bits per heavy atom. The van der Waals surface area contributed by atoms with Gasteiger partial charge >= 0.3 is 17.1 Å². The smallest absolute Gasteiger partial charge is 0.496 e. The molecule has 0 aromatic heterocycles. The van der Waals surface area contributed by atoms with Crippen LogP contribution in [0.15, 0.2) is 121 Å². The molecule has 0 aliphatic rings. The van der Waals surface area contributed by atoms with Gasteiger partial charge in [-0.05, 0) is 142 Å². The van der Waals surface area contributed by atoms with Gasteiger partial charge < -0.3 is 9.47 Å². The van der Waals surface area contributed by atoms with Crippen molar-refractivity contribution in [1.29, 1.82) is 0 Å². The number of methoxy groups -OCH3 is 2. The minimum Gasteiger partial charge on any atom is -0.496 e. The summed E-state index contributed by atoms with van der Waals surface area (Å²) in [7, 11) is 2.04. The molecule has 5 heteroatoms. The number of hydrogen-bond acceptors (Lipinski definition) is 2. The van der Waals surface area contributed by atoms with Gasteiger partial charge in [0, 0.05) is 0 Å². The van der Waals surface area contributed by atoms with Gasteiger partial charge in [0.1, 0.15) is 11.5 Å². The molecule has 0 aliphatic carbocycles. The Kier molecular flexibility index (Phi) is 13.7. The van der Waals surface area contributed by atoms with E-state index in [1.54, 1.807) is 14.2 Å². The molecule has 6 rings (SSSR count). The molecule has 1 atom stereocenters. The van der Waals surface area contributed by atoms with Crippen LogP contribution in [0, 0.1) is 41.5 Å². The van der Waals surface area contributed by atoms with Gasteiger partial charge in [0.15, 0.2) is 0 Å². The monoisotopic (exact) mass is 726 g/mol. The van der Waals surface area contributed by atoms with E-state index in [-0.39, 0.29) is 17.1 Å². The second kappa shape index (κ2) is 17.5. The number of rotatable bonds is 9. The van der Waals surface area contributed by atoms with Crippen molar-refractivity contribution >= 4 is 42.4 Å². The van der Waals surface area contributed by atoms with Crippen molar-refractivity contribution in [3.05, 3.63) is 160 Å². The zero-order chi connectivity index (χ0) is 34.4. The van der Waals surface area contributed by atoms with Gasteiger partial charge in [0.05, 0.1) is 14.2 Å². The predicted octanol–water partition coefficient (Wildman–Crippen LogP) is 9.63. The van der Waals surface area contributed by atoms with Gasteiger partial charge in [-0.1, -0.05) is 55.5 Å². The molecule has 0 saturated heterocycles. The van der Waals surface area contributed by atoms with E-state index in [4.69, 9.17) is 9.47 Å². The summed E-state index contributed by atoms with van der Waals surface area (Å²) in [5.74, 6) is 1.94. The molecule has 0 heterocycles. The maximum atomic E-state index is 5.78. The third kappa shape index (κ3) is 8.48. The summed E-state index contributed by atoms with van der Waals surface area (Å²) in [6.45, 7) is 15.6. The van der Waals surface area contributed by atoms with E-state index >= 15 is 0 Å². The zero-order valence-electron chi connectivity index (χ0n) is 30.2. The molecule has 0 bridgehead atoms. The first-order valence-corrected chi connectivity index (χ1v) is 19.3. The van der Waals surface area contributed by atoms with Crippen molar-refractivity contribution in [1.82, 2.24) is 0 Å². The summed E-state index contributed by atoms with van der Waals surface area (Å²) in [5, 5.41) is 7.06. The molecule has 0 spiro atoms. The normalized spacial score (nSPS) is 11.5. The van der Waals surface area contributed by atoms with Gasteiger partial charge in [0.25, 0.3) is 0 Å². The van der Waals surface area contributed by atoms with Gasteiger partial charge in [0.2, 0.25) is 0 Å². The Hall–Kier alpha value is -3.44. The minimum atomic E-state index is -0.840. The molecule has 0 amide bonds. The number of ether oxygens (including phenoxy) is 2. The zero-order valence-corrected chi connectivity index (χ0v) is 33.1. The first kappa shape index (κ1) is 38.4. The van der Waals surface area contributed by atoms with Crippen LogP contribution in [0.4, 0.5) is 0 Å². The molecule has 0 fully saturated rings. The van der Waals surface area contributed by atoms with Crippen molar-refractivity contribution in [2.75, 3.05) is 14.2 Å². The average molecular weight is 727 g/mol. The molecule has 254 valence electrons. The van der Waals surface area contributed by atoms with Crippen molar-refractivity contribution in [3.8, 4) is 11.5 Å². The summed E-state index contributed by atoms with van der Waals surface area (Å²) in [4.78, 5) is 0. The van der Waals surface area contributed by atoms with Crippen molar-refractivity contribution in [3.63, 3.8) is 0 Å². The van der Waals surface area contributed by atoms with Gasteiger partial charge in [-0.2, -0.15) is 35.9 Å². The van der Waals surface area contributed by atoms with Gasteiger partial charge in [-0.3, -0.25) is 0 Å². The van der Waals surface area contributed by atoms with Gasteiger partial charge in [-0.25, -0.2) is 18.2 Å².